The lowest BCUT2D eigenvalue weighted by Gasteiger charge is -2.28. The average Bonchev–Trinajstić information content (AvgIpc) is 3.00. The quantitative estimate of drug-likeness (QED) is 0.589. The van der Waals surface area contributed by atoms with E-state index in [2.05, 4.69) is 28.6 Å². The van der Waals surface area contributed by atoms with Gasteiger partial charge in [0.15, 0.2) is 5.96 Å². The Balaban J connectivity index is 1.70. The molecule has 1 saturated carbocycles. The Morgan fingerprint density at radius 2 is 2.13 bits per heavy atom. The average molecular weight is 317 g/mol. The molecule has 1 aromatic carbocycles. The van der Waals surface area contributed by atoms with E-state index in [-0.39, 0.29) is 6.04 Å². The number of para-hydroxylation sites is 1. The highest BCUT2D eigenvalue weighted by atomic mass is 16.5. The van der Waals surface area contributed by atoms with Crippen molar-refractivity contribution >= 4 is 5.96 Å². The first kappa shape index (κ1) is 16.1. The molecule has 2 aliphatic rings. The van der Waals surface area contributed by atoms with Crippen LogP contribution in [0.25, 0.3) is 0 Å². The van der Waals surface area contributed by atoms with Crippen molar-refractivity contribution in [3.63, 3.8) is 0 Å². The maximum atomic E-state index is 10.5. The van der Waals surface area contributed by atoms with Gasteiger partial charge in [0.25, 0.3) is 0 Å². The summed E-state index contributed by atoms with van der Waals surface area (Å²) in [6.45, 7) is 4.03. The van der Waals surface area contributed by atoms with Crippen molar-refractivity contribution in [1.82, 2.24) is 10.6 Å². The minimum absolute atomic E-state index is 0.191. The largest absolute Gasteiger partial charge is 0.493 e. The Morgan fingerprint density at radius 3 is 2.91 bits per heavy atom. The van der Waals surface area contributed by atoms with Gasteiger partial charge in [0.2, 0.25) is 0 Å². The normalized spacial score (nSPS) is 23.0. The Hall–Kier alpha value is -1.75. The summed E-state index contributed by atoms with van der Waals surface area (Å²) in [6, 6.07) is 8.33. The number of nitrogens with zero attached hydrogens (tertiary/aromatic N) is 1. The molecule has 1 aliphatic carbocycles. The SMILES string of the molecule is CCNC(=NCC1(O)CCCC1)NC1CCOc2ccccc21. The summed E-state index contributed by atoms with van der Waals surface area (Å²) in [6.07, 6.45) is 4.82. The standard InChI is InChI=1S/C18H27N3O2/c1-2-19-17(20-13-18(22)10-5-6-11-18)21-15-9-12-23-16-8-4-3-7-14(15)16/h3-4,7-8,15,22H,2,5-6,9-13H2,1H3,(H2,19,20,21). The van der Waals surface area contributed by atoms with Crippen molar-refractivity contribution in [2.45, 2.75) is 50.7 Å². The molecule has 1 aromatic rings. The van der Waals surface area contributed by atoms with Gasteiger partial charge in [-0.1, -0.05) is 31.0 Å². The molecule has 0 saturated heterocycles. The number of hydrogen-bond donors (Lipinski definition) is 3. The van der Waals surface area contributed by atoms with Gasteiger partial charge in [0, 0.05) is 18.5 Å². The van der Waals surface area contributed by atoms with Crippen LogP contribution in [0.15, 0.2) is 29.3 Å². The van der Waals surface area contributed by atoms with Crippen molar-refractivity contribution < 1.29 is 9.84 Å². The molecule has 0 aromatic heterocycles. The molecule has 1 heterocycles. The summed E-state index contributed by atoms with van der Waals surface area (Å²) in [5, 5.41) is 17.3. The first-order chi connectivity index (χ1) is 11.2. The third-order valence-corrected chi connectivity index (χ3v) is 4.68. The van der Waals surface area contributed by atoms with Gasteiger partial charge in [-0.2, -0.15) is 0 Å². The zero-order chi connectivity index (χ0) is 16.1. The molecule has 23 heavy (non-hydrogen) atoms. The predicted molar refractivity (Wildman–Crippen MR) is 91.8 cm³/mol. The number of fused-ring (bicyclic) bond motifs is 1. The molecule has 3 rings (SSSR count). The highest BCUT2D eigenvalue weighted by Crippen LogP contribution is 2.32. The number of hydrogen-bond acceptors (Lipinski definition) is 3. The van der Waals surface area contributed by atoms with Crippen LogP contribution >= 0.6 is 0 Å². The number of rotatable bonds is 4. The summed E-state index contributed by atoms with van der Waals surface area (Å²) in [5.41, 5.74) is 0.555. The molecule has 1 fully saturated rings. The number of aliphatic imine (C=N–C) groups is 1. The summed E-state index contributed by atoms with van der Waals surface area (Å²) >= 11 is 0. The third kappa shape index (κ3) is 3.96. The van der Waals surface area contributed by atoms with Gasteiger partial charge in [0.05, 0.1) is 24.8 Å². The summed E-state index contributed by atoms with van der Waals surface area (Å²) in [4.78, 5) is 4.64. The molecule has 0 radical (unpaired) electrons. The van der Waals surface area contributed by atoms with Gasteiger partial charge in [0.1, 0.15) is 5.75 Å². The Morgan fingerprint density at radius 1 is 1.35 bits per heavy atom. The van der Waals surface area contributed by atoms with Gasteiger partial charge < -0.3 is 20.5 Å². The van der Waals surface area contributed by atoms with Crippen molar-refractivity contribution in [1.29, 1.82) is 0 Å². The van der Waals surface area contributed by atoms with E-state index in [4.69, 9.17) is 4.74 Å². The molecule has 5 nitrogen and oxygen atoms in total. The van der Waals surface area contributed by atoms with Crippen LogP contribution in [0, 0.1) is 0 Å². The fourth-order valence-electron chi connectivity index (χ4n) is 3.39. The number of ether oxygens (including phenoxy) is 1. The highest BCUT2D eigenvalue weighted by molar-refractivity contribution is 5.80. The molecule has 126 valence electrons. The Labute approximate surface area is 138 Å². The van der Waals surface area contributed by atoms with E-state index in [1.807, 2.05) is 18.2 Å². The van der Waals surface area contributed by atoms with Crippen molar-refractivity contribution in [2.24, 2.45) is 4.99 Å². The first-order valence-electron chi connectivity index (χ1n) is 8.69. The Kier molecular flexibility index (Phi) is 5.06. The van der Waals surface area contributed by atoms with E-state index >= 15 is 0 Å². The van der Waals surface area contributed by atoms with E-state index in [0.717, 1.165) is 50.4 Å². The van der Waals surface area contributed by atoms with Crippen LogP contribution in [0.3, 0.4) is 0 Å². The van der Waals surface area contributed by atoms with Gasteiger partial charge in [-0.3, -0.25) is 4.99 Å². The van der Waals surface area contributed by atoms with Crippen LogP contribution in [0.2, 0.25) is 0 Å². The van der Waals surface area contributed by atoms with Gasteiger partial charge in [-0.15, -0.1) is 0 Å². The van der Waals surface area contributed by atoms with Crippen LogP contribution < -0.4 is 15.4 Å². The van der Waals surface area contributed by atoms with Crippen molar-refractivity contribution in [2.75, 3.05) is 19.7 Å². The van der Waals surface area contributed by atoms with Crippen LogP contribution in [0.5, 0.6) is 5.75 Å². The van der Waals surface area contributed by atoms with Crippen LogP contribution in [0.1, 0.15) is 50.6 Å². The molecular formula is C18H27N3O2. The van der Waals surface area contributed by atoms with E-state index in [1.165, 1.54) is 5.56 Å². The highest BCUT2D eigenvalue weighted by Gasteiger charge is 2.31. The van der Waals surface area contributed by atoms with Crippen molar-refractivity contribution in [3.05, 3.63) is 29.8 Å². The fraction of sp³-hybridized carbons (Fsp3) is 0.611. The molecule has 0 amide bonds. The van der Waals surface area contributed by atoms with E-state index in [9.17, 15) is 5.11 Å². The second kappa shape index (κ2) is 7.21. The number of aliphatic hydroxyl groups is 1. The Bertz CT molecular complexity index is 553. The number of guanidine groups is 1. The minimum atomic E-state index is -0.615. The van der Waals surface area contributed by atoms with E-state index in [0.29, 0.717) is 13.2 Å². The van der Waals surface area contributed by atoms with Gasteiger partial charge in [-0.05, 0) is 25.8 Å². The monoisotopic (exact) mass is 317 g/mol. The summed E-state index contributed by atoms with van der Waals surface area (Å²) < 4.78 is 5.71. The maximum Gasteiger partial charge on any atom is 0.191 e. The smallest absolute Gasteiger partial charge is 0.191 e. The molecular weight excluding hydrogens is 290 g/mol. The lowest BCUT2D eigenvalue weighted by molar-refractivity contribution is 0.0574. The van der Waals surface area contributed by atoms with Crippen LogP contribution in [-0.2, 0) is 0 Å². The maximum absolute atomic E-state index is 10.5. The van der Waals surface area contributed by atoms with Crippen LogP contribution in [0.4, 0.5) is 0 Å². The number of benzene rings is 1. The van der Waals surface area contributed by atoms with Gasteiger partial charge in [-0.25, -0.2) is 0 Å². The fourth-order valence-corrected chi connectivity index (χ4v) is 3.39. The molecule has 0 spiro atoms. The second-order valence-electron chi connectivity index (χ2n) is 6.50. The second-order valence-corrected chi connectivity index (χ2v) is 6.50. The van der Waals surface area contributed by atoms with Gasteiger partial charge >= 0.3 is 0 Å². The molecule has 1 aliphatic heterocycles. The lowest BCUT2D eigenvalue weighted by Crippen LogP contribution is -2.42. The minimum Gasteiger partial charge on any atom is -0.493 e. The van der Waals surface area contributed by atoms with Crippen molar-refractivity contribution in [3.8, 4) is 5.75 Å². The zero-order valence-corrected chi connectivity index (χ0v) is 13.8. The lowest BCUT2D eigenvalue weighted by atomic mass is 10.0. The topological polar surface area (TPSA) is 65.9 Å². The molecule has 3 N–H and O–H groups in total. The molecule has 1 unspecified atom stereocenters. The summed E-state index contributed by atoms with van der Waals surface area (Å²) in [7, 11) is 0. The zero-order valence-electron chi connectivity index (χ0n) is 13.8. The first-order valence-corrected chi connectivity index (χ1v) is 8.69. The third-order valence-electron chi connectivity index (χ3n) is 4.68. The van der Waals surface area contributed by atoms with Crippen LogP contribution in [-0.4, -0.2) is 36.4 Å². The molecule has 1 atom stereocenters. The summed E-state index contributed by atoms with van der Waals surface area (Å²) in [5.74, 6) is 1.72. The molecule has 5 heteroatoms. The van der Waals surface area contributed by atoms with E-state index < -0.39 is 5.60 Å². The molecule has 0 bridgehead atoms. The predicted octanol–water partition coefficient (Wildman–Crippen LogP) is 2.37. The number of nitrogens with one attached hydrogen (secondary N) is 2. The van der Waals surface area contributed by atoms with E-state index in [1.54, 1.807) is 0 Å².